The van der Waals surface area contributed by atoms with E-state index in [1.807, 2.05) is 0 Å². The number of likely N-dealkylation sites (tertiary alicyclic amines) is 1. The number of unbranched alkanes of at least 4 members (excludes halogenated alkanes) is 1. The number of nitrogens with zero attached hydrogens (tertiary/aromatic N) is 1. The summed E-state index contributed by atoms with van der Waals surface area (Å²) >= 11 is 6.20. The number of hydrogen-bond donors (Lipinski definition) is 0. The molecule has 0 bridgehead atoms. The van der Waals surface area contributed by atoms with E-state index in [0.717, 1.165) is 6.54 Å². The molecule has 0 aromatic carbocycles. The number of piperidine rings is 1. The first kappa shape index (κ1) is 10.3. The quantitative estimate of drug-likeness (QED) is 0.618. The molecule has 1 nitrogen and oxygen atoms in total. The van der Waals surface area contributed by atoms with E-state index in [0.29, 0.717) is 11.3 Å². The van der Waals surface area contributed by atoms with Crippen LogP contribution < -0.4 is 0 Å². The van der Waals surface area contributed by atoms with Crippen molar-refractivity contribution in [3.63, 3.8) is 0 Å². The van der Waals surface area contributed by atoms with Crippen molar-refractivity contribution in [2.24, 2.45) is 5.92 Å². The summed E-state index contributed by atoms with van der Waals surface area (Å²) in [6.45, 7) is 8.10. The van der Waals surface area contributed by atoms with Gasteiger partial charge in [0.15, 0.2) is 0 Å². The molecule has 0 radical (unpaired) electrons. The van der Waals surface area contributed by atoms with Crippen LogP contribution in [0.25, 0.3) is 0 Å². The van der Waals surface area contributed by atoms with Crippen molar-refractivity contribution in [2.45, 2.75) is 38.5 Å². The minimum Gasteiger partial charge on any atom is -0.302 e. The molecule has 0 spiro atoms. The van der Waals surface area contributed by atoms with E-state index >= 15 is 0 Å². The molecule has 12 heavy (non-hydrogen) atoms. The van der Waals surface area contributed by atoms with E-state index in [-0.39, 0.29) is 0 Å². The van der Waals surface area contributed by atoms with Crippen molar-refractivity contribution in [3.8, 4) is 0 Å². The minimum atomic E-state index is 0.385. The molecule has 1 fully saturated rings. The molecule has 1 aliphatic rings. The van der Waals surface area contributed by atoms with Gasteiger partial charge in [0.2, 0.25) is 0 Å². The molecule has 0 saturated carbocycles. The van der Waals surface area contributed by atoms with Gasteiger partial charge in [0.05, 0.1) is 0 Å². The molecule has 1 heterocycles. The Morgan fingerprint density at radius 3 is 2.83 bits per heavy atom. The van der Waals surface area contributed by atoms with Gasteiger partial charge < -0.3 is 4.90 Å². The van der Waals surface area contributed by atoms with Crippen molar-refractivity contribution in [1.29, 1.82) is 0 Å². The molecule has 0 aromatic heterocycles. The number of rotatable bonds is 3. The monoisotopic (exact) mass is 189 g/mol. The second kappa shape index (κ2) is 5.08. The Labute approximate surface area is 81.1 Å². The SMILES string of the molecule is CCCCN1CCC(C)C(Cl)C1. The molecule has 1 aliphatic heterocycles. The third kappa shape index (κ3) is 2.95. The van der Waals surface area contributed by atoms with Gasteiger partial charge in [0, 0.05) is 11.9 Å². The highest BCUT2D eigenvalue weighted by atomic mass is 35.5. The molecule has 0 aromatic rings. The van der Waals surface area contributed by atoms with Crippen molar-refractivity contribution in [2.75, 3.05) is 19.6 Å². The zero-order valence-electron chi connectivity index (χ0n) is 8.22. The van der Waals surface area contributed by atoms with E-state index in [9.17, 15) is 0 Å². The maximum atomic E-state index is 6.20. The Hall–Kier alpha value is 0.250. The Bertz CT molecular complexity index is 125. The summed E-state index contributed by atoms with van der Waals surface area (Å²) in [6.07, 6.45) is 3.88. The Kier molecular flexibility index (Phi) is 4.38. The van der Waals surface area contributed by atoms with Crippen molar-refractivity contribution in [3.05, 3.63) is 0 Å². The predicted molar refractivity (Wildman–Crippen MR) is 54.8 cm³/mol. The molecule has 2 heteroatoms. The summed E-state index contributed by atoms with van der Waals surface area (Å²) in [6, 6.07) is 0. The summed E-state index contributed by atoms with van der Waals surface area (Å²) in [5.41, 5.74) is 0. The summed E-state index contributed by atoms with van der Waals surface area (Å²) in [5.74, 6) is 0.713. The molecule has 0 aliphatic carbocycles. The lowest BCUT2D eigenvalue weighted by molar-refractivity contribution is 0.194. The van der Waals surface area contributed by atoms with Gasteiger partial charge >= 0.3 is 0 Å². The van der Waals surface area contributed by atoms with Crippen molar-refractivity contribution in [1.82, 2.24) is 4.90 Å². The first-order valence-corrected chi connectivity index (χ1v) is 5.54. The van der Waals surface area contributed by atoms with Gasteiger partial charge in [0.1, 0.15) is 0 Å². The van der Waals surface area contributed by atoms with Crippen LogP contribution in [0.1, 0.15) is 33.1 Å². The van der Waals surface area contributed by atoms with Gasteiger partial charge in [-0.05, 0) is 31.8 Å². The fourth-order valence-electron chi connectivity index (χ4n) is 1.67. The third-order valence-electron chi connectivity index (χ3n) is 2.78. The number of halogens is 1. The zero-order chi connectivity index (χ0) is 8.97. The zero-order valence-corrected chi connectivity index (χ0v) is 8.98. The lowest BCUT2D eigenvalue weighted by Gasteiger charge is -2.33. The molecule has 72 valence electrons. The van der Waals surface area contributed by atoms with Crippen LogP contribution in [0.4, 0.5) is 0 Å². The van der Waals surface area contributed by atoms with Gasteiger partial charge in [-0.15, -0.1) is 11.6 Å². The minimum absolute atomic E-state index is 0.385. The van der Waals surface area contributed by atoms with E-state index in [1.165, 1.54) is 32.4 Å². The highest BCUT2D eigenvalue weighted by molar-refractivity contribution is 6.21. The fraction of sp³-hybridized carbons (Fsp3) is 1.00. The normalized spacial score (nSPS) is 32.2. The van der Waals surface area contributed by atoms with E-state index in [2.05, 4.69) is 18.7 Å². The van der Waals surface area contributed by atoms with E-state index in [1.54, 1.807) is 0 Å². The van der Waals surface area contributed by atoms with Crippen molar-refractivity contribution < 1.29 is 0 Å². The second-order valence-electron chi connectivity index (χ2n) is 3.94. The lowest BCUT2D eigenvalue weighted by atomic mass is 9.98. The molecular weight excluding hydrogens is 170 g/mol. The van der Waals surface area contributed by atoms with Gasteiger partial charge in [-0.1, -0.05) is 20.3 Å². The van der Waals surface area contributed by atoms with E-state index in [4.69, 9.17) is 11.6 Å². The van der Waals surface area contributed by atoms with Gasteiger partial charge in [-0.3, -0.25) is 0 Å². The van der Waals surface area contributed by atoms with Crippen LogP contribution in [0.15, 0.2) is 0 Å². The van der Waals surface area contributed by atoms with Crippen LogP contribution in [0, 0.1) is 5.92 Å². The standard InChI is InChI=1S/C10H20ClN/c1-3-4-6-12-7-5-9(2)10(11)8-12/h9-10H,3-8H2,1-2H3. The van der Waals surface area contributed by atoms with Crippen LogP contribution in [-0.4, -0.2) is 29.9 Å². The number of alkyl halides is 1. The Morgan fingerprint density at radius 2 is 2.25 bits per heavy atom. The highest BCUT2D eigenvalue weighted by Crippen LogP contribution is 2.21. The maximum absolute atomic E-state index is 6.20. The summed E-state index contributed by atoms with van der Waals surface area (Å²) in [7, 11) is 0. The first-order valence-electron chi connectivity index (χ1n) is 5.10. The van der Waals surface area contributed by atoms with Crippen LogP contribution in [0.3, 0.4) is 0 Å². The van der Waals surface area contributed by atoms with Gasteiger partial charge in [-0.2, -0.15) is 0 Å². The topological polar surface area (TPSA) is 3.24 Å². The number of hydrogen-bond acceptors (Lipinski definition) is 1. The van der Waals surface area contributed by atoms with E-state index < -0.39 is 0 Å². The average molecular weight is 190 g/mol. The molecular formula is C10H20ClN. The summed E-state index contributed by atoms with van der Waals surface area (Å²) in [4.78, 5) is 2.50. The molecule has 1 rings (SSSR count). The predicted octanol–water partition coefficient (Wildman–Crippen LogP) is 2.74. The molecule has 1 saturated heterocycles. The molecule has 0 N–H and O–H groups in total. The van der Waals surface area contributed by atoms with Crippen LogP contribution in [0.5, 0.6) is 0 Å². The van der Waals surface area contributed by atoms with Crippen LogP contribution in [0.2, 0.25) is 0 Å². The smallest absolute Gasteiger partial charge is 0.0489 e. The van der Waals surface area contributed by atoms with Crippen LogP contribution >= 0.6 is 11.6 Å². The van der Waals surface area contributed by atoms with Crippen molar-refractivity contribution >= 4 is 11.6 Å². The molecule has 0 amide bonds. The summed E-state index contributed by atoms with van der Waals surface area (Å²) in [5, 5.41) is 0.385. The van der Waals surface area contributed by atoms with Crippen LogP contribution in [-0.2, 0) is 0 Å². The average Bonchev–Trinajstić information content (AvgIpc) is 2.07. The summed E-state index contributed by atoms with van der Waals surface area (Å²) < 4.78 is 0. The molecule has 2 atom stereocenters. The Morgan fingerprint density at radius 1 is 1.50 bits per heavy atom. The fourth-order valence-corrected chi connectivity index (χ4v) is 1.99. The van der Waals surface area contributed by atoms with Gasteiger partial charge in [-0.25, -0.2) is 0 Å². The molecule has 2 unspecified atom stereocenters. The van der Waals surface area contributed by atoms with Gasteiger partial charge in [0.25, 0.3) is 0 Å². The maximum Gasteiger partial charge on any atom is 0.0489 e. The lowest BCUT2D eigenvalue weighted by Crippen LogP contribution is -2.40. The first-order chi connectivity index (χ1) is 5.74. The highest BCUT2D eigenvalue weighted by Gasteiger charge is 2.23. The largest absolute Gasteiger partial charge is 0.302 e. The second-order valence-corrected chi connectivity index (χ2v) is 4.50. The Balaban J connectivity index is 2.21. The third-order valence-corrected chi connectivity index (χ3v) is 3.35.